The lowest BCUT2D eigenvalue weighted by Crippen LogP contribution is -2.75. The maximum absolute atomic E-state index is 11.2. The Labute approximate surface area is 168 Å². The molecule has 2 bridgehead atoms. The molecule has 0 aromatic heterocycles. The van der Waals surface area contributed by atoms with Gasteiger partial charge in [-0.25, -0.2) is 0 Å². The van der Waals surface area contributed by atoms with E-state index < -0.39 is 0 Å². The topological polar surface area (TPSA) is 41.6 Å². The van der Waals surface area contributed by atoms with Crippen molar-refractivity contribution in [3.05, 3.63) is 63.1 Å². The number of nitrogens with zero attached hydrogens (tertiary/aromatic N) is 1. The molecule has 4 aliphatic rings. The van der Waals surface area contributed by atoms with E-state index in [4.69, 9.17) is 28.0 Å². The van der Waals surface area contributed by atoms with Crippen LogP contribution < -0.4 is 10.3 Å². The molecule has 0 spiro atoms. The average Bonchev–Trinajstić information content (AvgIpc) is 2.94. The third-order valence-corrected chi connectivity index (χ3v) is 6.85. The van der Waals surface area contributed by atoms with E-state index in [1.807, 2.05) is 18.2 Å². The second-order valence-corrected chi connectivity index (χ2v) is 9.08. The van der Waals surface area contributed by atoms with Crippen LogP contribution in [0.2, 0.25) is 10.0 Å². The molecule has 1 amide bonds. The highest BCUT2D eigenvalue weighted by Gasteiger charge is 2.71. The Morgan fingerprint density at radius 1 is 1.04 bits per heavy atom. The van der Waals surface area contributed by atoms with E-state index in [9.17, 15) is 4.79 Å². The van der Waals surface area contributed by atoms with E-state index in [-0.39, 0.29) is 16.9 Å². The van der Waals surface area contributed by atoms with Crippen LogP contribution >= 0.6 is 23.2 Å². The first kappa shape index (κ1) is 17.4. The van der Waals surface area contributed by atoms with E-state index in [2.05, 4.69) is 22.5 Å². The lowest BCUT2D eigenvalue weighted by molar-refractivity contribution is -0.174. The summed E-state index contributed by atoms with van der Waals surface area (Å²) in [4.78, 5) is 19.3. The highest BCUT2D eigenvalue weighted by molar-refractivity contribution is 6.31. The van der Waals surface area contributed by atoms with Gasteiger partial charge in [0, 0.05) is 46.6 Å². The summed E-state index contributed by atoms with van der Waals surface area (Å²) in [7, 11) is 0. The summed E-state index contributed by atoms with van der Waals surface area (Å²) in [5.74, 6) is 0.470. The molecule has 2 aromatic rings. The summed E-state index contributed by atoms with van der Waals surface area (Å²) >= 11 is 12.4. The molecule has 3 aliphatic carbocycles. The van der Waals surface area contributed by atoms with Crippen LogP contribution in [0.5, 0.6) is 5.75 Å². The number of rotatable bonds is 4. The van der Waals surface area contributed by atoms with Gasteiger partial charge in [-0.1, -0.05) is 29.3 Å². The molecular formula is C21H20Cl2N2O2. The van der Waals surface area contributed by atoms with Gasteiger partial charge >= 0.3 is 0 Å². The van der Waals surface area contributed by atoms with Crippen LogP contribution in [0.4, 0.5) is 0 Å². The number of hydrogen-bond acceptors (Lipinski definition) is 3. The molecule has 3 fully saturated rings. The Morgan fingerprint density at radius 2 is 1.70 bits per heavy atom. The Morgan fingerprint density at radius 3 is 2.44 bits per heavy atom. The first-order valence-electron chi connectivity index (χ1n) is 9.15. The standard InChI is InChI=1S/C21H20Cl2N2O2/c1-13(26)24-27-19-5-4-17(23)7-18(19)20-10-21(11-20,12-20)25-8-14-2-3-16(22)6-15(14)9-25/h2-7H,8-12H2,1H3,(H,24,26). The lowest BCUT2D eigenvalue weighted by atomic mass is 9.37. The van der Waals surface area contributed by atoms with Gasteiger partial charge in [-0.15, -0.1) is 0 Å². The van der Waals surface area contributed by atoms with E-state index in [1.165, 1.54) is 18.1 Å². The van der Waals surface area contributed by atoms with Gasteiger partial charge in [0.2, 0.25) is 5.91 Å². The van der Waals surface area contributed by atoms with Crippen molar-refractivity contribution in [3.63, 3.8) is 0 Å². The van der Waals surface area contributed by atoms with Crippen LogP contribution in [0.25, 0.3) is 0 Å². The zero-order chi connectivity index (χ0) is 18.8. The van der Waals surface area contributed by atoms with Gasteiger partial charge < -0.3 is 4.84 Å². The monoisotopic (exact) mass is 402 g/mol. The van der Waals surface area contributed by atoms with Gasteiger partial charge in [0.15, 0.2) is 5.75 Å². The van der Waals surface area contributed by atoms with Crippen molar-refractivity contribution in [1.82, 2.24) is 10.4 Å². The van der Waals surface area contributed by atoms with Crippen LogP contribution in [0.3, 0.4) is 0 Å². The number of amides is 1. The van der Waals surface area contributed by atoms with Crippen molar-refractivity contribution in [1.29, 1.82) is 0 Å². The van der Waals surface area contributed by atoms with Crippen LogP contribution in [0.15, 0.2) is 36.4 Å². The van der Waals surface area contributed by atoms with E-state index in [0.717, 1.165) is 42.9 Å². The Balaban J connectivity index is 1.34. The van der Waals surface area contributed by atoms with E-state index >= 15 is 0 Å². The first-order chi connectivity index (χ1) is 12.9. The maximum atomic E-state index is 11.2. The molecule has 3 saturated carbocycles. The third kappa shape index (κ3) is 2.65. The molecule has 1 heterocycles. The van der Waals surface area contributed by atoms with E-state index in [0.29, 0.717) is 10.8 Å². The summed E-state index contributed by atoms with van der Waals surface area (Å²) in [6.45, 7) is 3.40. The van der Waals surface area contributed by atoms with E-state index in [1.54, 1.807) is 6.07 Å². The molecule has 6 heteroatoms. The fourth-order valence-electron chi connectivity index (χ4n) is 5.19. The van der Waals surface area contributed by atoms with Crippen LogP contribution in [0.1, 0.15) is 42.9 Å². The largest absolute Gasteiger partial charge is 0.379 e. The average molecular weight is 403 g/mol. The summed E-state index contributed by atoms with van der Waals surface area (Å²) in [5.41, 5.74) is 6.63. The number of nitrogens with one attached hydrogen (secondary N) is 1. The van der Waals surface area contributed by atoms with Gasteiger partial charge in [0.25, 0.3) is 0 Å². The van der Waals surface area contributed by atoms with Crippen LogP contribution in [-0.4, -0.2) is 16.3 Å². The van der Waals surface area contributed by atoms with Crippen molar-refractivity contribution in [2.45, 2.75) is 50.2 Å². The summed E-state index contributed by atoms with van der Waals surface area (Å²) < 4.78 is 0. The number of carbonyl (C=O) groups is 1. The molecular weight excluding hydrogens is 383 g/mol. The summed E-state index contributed by atoms with van der Waals surface area (Å²) in [6.07, 6.45) is 3.29. The van der Waals surface area contributed by atoms with Crippen molar-refractivity contribution in [2.75, 3.05) is 0 Å². The molecule has 1 N–H and O–H groups in total. The van der Waals surface area contributed by atoms with Gasteiger partial charge in [-0.2, -0.15) is 5.48 Å². The normalized spacial score (nSPS) is 28.1. The minimum Gasteiger partial charge on any atom is -0.379 e. The van der Waals surface area contributed by atoms with Crippen molar-refractivity contribution in [2.24, 2.45) is 0 Å². The quantitative estimate of drug-likeness (QED) is 0.758. The van der Waals surface area contributed by atoms with Crippen LogP contribution in [-0.2, 0) is 23.3 Å². The van der Waals surface area contributed by atoms with Crippen molar-refractivity contribution >= 4 is 29.1 Å². The lowest BCUT2D eigenvalue weighted by Gasteiger charge is -2.74. The van der Waals surface area contributed by atoms with Gasteiger partial charge in [0.1, 0.15) is 0 Å². The number of carbonyl (C=O) groups excluding carboxylic acids is 1. The van der Waals surface area contributed by atoms with Crippen molar-refractivity contribution < 1.29 is 9.63 Å². The van der Waals surface area contributed by atoms with Gasteiger partial charge in [0.05, 0.1) is 0 Å². The number of hydroxylamine groups is 1. The number of fused-ring (bicyclic) bond motifs is 1. The van der Waals surface area contributed by atoms with Gasteiger partial charge in [-0.3, -0.25) is 9.69 Å². The van der Waals surface area contributed by atoms with Crippen molar-refractivity contribution in [3.8, 4) is 5.75 Å². The SMILES string of the molecule is CC(=O)NOc1ccc(Cl)cc1C12CC(N3Cc4ccc(Cl)cc4C3)(C1)C2. The summed E-state index contributed by atoms with van der Waals surface area (Å²) in [6, 6.07) is 11.8. The molecule has 0 unspecified atom stereocenters. The fourth-order valence-corrected chi connectivity index (χ4v) is 5.55. The zero-order valence-electron chi connectivity index (χ0n) is 15.0. The number of benzene rings is 2. The second kappa shape index (κ2) is 5.87. The molecule has 6 rings (SSSR count). The zero-order valence-corrected chi connectivity index (χ0v) is 16.5. The Kier molecular flexibility index (Phi) is 3.77. The Bertz CT molecular complexity index is 939. The number of halogens is 2. The summed E-state index contributed by atoms with van der Waals surface area (Å²) in [5, 5.41) is 1.51. The number of hydrogen-bond donors (Lipinski definition) is 1. The third-order valence-electron chi connectivity index (χ3n) is 6.38. The molecule has 0 atom stereocenters. The predicted octanol–water partition coefficient (Wildman–Crippen LogP) is 4.61. The molecule has 140 valence electrons. The highest BCUT2D eigenvalue weighted by atomic mass is 35.5. The second-order valence-electron chi connectivity index (χ2n) is 8.20. The minimum absolute atomic E-state index is 0.102. The Hall–Kier alpha value is -1.75. The molecule has 27 heavy (non-hydrogen) atoms. The molecule has 0 saturated heterocycles. The molecule has 0 radical (unpaired) electrons. The van der Waals surface area contributed by atoms with Gasteiger partial charge in [-0.05, 0) is 60.7 Å². The highest BCUT2D eigenvalue weighted by Crippen LogP contribution is 2.72. The minimum atomic E-state index is -0.224. The fraction of sp³-hybridized carbons (Fsp3) is 0.381. The first-order valence-corrected chi connectivity index (χ1v) is 9.91. The molecule has 1 aliphatic heterocycles. The molecule has 4 nitrogen and oxygen atoms in total. The smallest absolute Gasteiger partial charge is 0.249 e. The molecule has 2 aromatic carbocycles. The predicted molar refractivity (Wildman–Crippen MR) is 105 cm³/mol. The maximum Gasteiger partial charge on any atom is 0.249 e. The van der Waals surface area contributed by atoms with Crippen LogP contribution in [0, 0.1) is 0 Å².